The number of hydrogen-bond donors (Lipinski definition) is 0. The Morgan fingerprint density at radius 1 is 1.67 bits per heavy atom. The van der Waals surface area contributed by atoms with E-state index in [4.69, 9.17) is 0 Å². The van der Waals surface area contributed by atoms with Gasteiger partial charge in [-0.3, -0.25) is 4.79 Å². The Bertz CT molecular complexity index is 95.0. The summed E-state index contributed by atoms with van der Waals surface area (Å²) in [6, 6.07) is 0. The third kappa shape index (κ3) is 4.39. The van der Waals surface area contributed by atoms with Crippen molar-refractivity contribution in [3.63, 3.8) is 0 Å². The Kier molecular flexibility index (Phi) is 4.67. The number of ketones is 1. The molecular weight excluding hydrogens is 146 g/mol. The average molecular weight is 154 g/mol. The van der Waals surface area contributed by atoms with Crippen LogP contribution >= 0.6 is 11.8 Å². The SMILES string of the molecule is CCSCC(=O)C(F)F. The largest absolute Gasteiger partial charge is 0.296 e. The molecule has 0 aliphatic heterocycles. The number of hydrogen-bond acceptors (Lipinski definition) is 2. The molecule has 0 heterocycles. The minimum Gasteiger partial charge on any atom is -0.292 e. The van der Waals surface area contributed by atoms with Crippen LogP contribution in [0.15, 0.2) is 0 Å². The molecule has 4 heteroatoms. The van der Waals surface area contributed by atoms with Crippen molar-refractivity contribution in [2.45, 2.75) is 13.3 Å². The highest BCUT2D eigenvalue weighted by Crippen LogP contribution is 2.03. The lowest BCUT2D eigenvalue weighted by molar-refractivity contribution is -0.126. The van der Waals surface area contributed by atoms with Gasteiger partial charge in [0.15, 0.2) is 0 Å². The smallest absolute Gasteiger partial charge is 0.292 e. The molecule has 9 heavy (non-hydrogen) atoms. The van der Waals surface area contributed by atoms with Crippen LogP contribution in [0.1, 0.15) is 6.92 Å². The number of thioether (sulfide) groups is 1. The molecule has 0 aromatic rings. The zero-order valence-corrected chi connectivity index (χ0v) is 5.88. The predicted octanol–water partition coefficient (Wildman–Crippen LogP) is 1.57. The summed E-state index contributed by atoms with van der Waals surface area (Å²) in [6.07, 6.45) is -2.79. The second-order valence-electron chi connectivity index (χ2n) is 1.40. The van der Waals surface area contributed by atoms with Crippen LogP contribution in [0.3, 0.4) is 0 Å². The number of halogens is 2. The van der Waals surface area contributed by atoms with E-state index < -0.39 is 12.2 Å². The Morgan fingerprint density at radius 2 is 2.22 bits per heavy atom. The minimum atomic E-state index is -2.79. The lowest BCUT2D eigenvalue weighted by atomic mass is 10.5. The van der Waals surface area contributed by atoms with E-state index in [1.165, 1.54) is 11.8 Å². The summed E-state index contributed by atoms with van der Waals surface area (Å²) in [5.41, 5.74) is 0. The van der Waals surface area contributed by atoms with Crippen LogP contribution in [0.5, 0.6) is 0 Å². The average Bonchev–Trinajstić information content (AvgIpc) is 1.82. The molecule has 0 atom stereocenters. The molecule has 0 spiro atoms. The molecule has 0 amide bonds. The molecule has 0 N–H and O–H groups in total. The van der Waals surface area contributed by atoms with Crippen molar-refractivity contribution >= 4 is 17.5 Å². The number of carbonyl (C=O) groups excluding carboxylic acids is 1. The molecule has 0 unspecified atom stereocenters. The lowest BCUT2D eigenvalue weighted by Crippen LogP contribution is -2.12. The molecule has 0 bridgehead atoms. The van der Waals surface area contributed by atoms with E-state index in [9.17, 15) is 13.6 Å². The molecule has 0 radical (unpaired) electrons. The summed E-state index contributed by atoms with van der Waals surface area (Å²) in [7, 11) is 0. The van der Waals surface area contributed by atoms with Crippen LogP contribution < -0.4 is 0 Å². The molecule has 0 aliphatic carbocycles. The van der Waals surface area contributed by atoms with E-state index in [0.29, 0.717) is 5.75 Å². The van der Waals surface area contributed by atoms with E-state index in [1.807, 2.05) is 6.92 Å². The van der Waals surface area contributed by atoms with Crippen LogP contribution in [-0.4, -0.2) is 23.7 Å². The van der Waals surface area contributed by atoms with Gasteiger partial charge in [0.25, 0.3) is 6.43 Å². The van der Waals surface area contributed by atoms with Crippen molar-refractivity contribution in [2.24, 2.45) is 0 Å². The third-order valence-corrected chi connectivity index (χ3v) is 1.59. The lowest BCUT2D eigenvalue weighted by Gasteiger charge is -1.94. The van der Waals surface area contributed by atoms with Gasteiger partial charge >= 0.3 is 0 Å². The highest BCUT2D eigenvalue weighted by Gasteiger charge is 2.13. The first kappa shape index (κ1) is 8.88. The summed E-state index contributed by atoms with van der Waals surface area (Å²) < 4.78 is 22.8. The monoisotopic (exact) mass is 154 g/mol. The summed E-state index contributed by atoms with van der Waals surface area (Å²) >= 11 is 1.21. The quantitative estimate of drug-likeness (QED) is 0.611. The first-order valence-corrected chi connectivity index (χ1v) is 3.72. The Hall–Kier alpha value is -0.120. The number of alkyl halides is 2. The zero-order valence-electron chi connectivity index (χ0n) is 5.06. The summed E-state index contributed by atoms with van der Waals surface area (Å²) in [5, 5.41) is 0. The summed E-state index contributed by atoms with van der Waals surface area (Å²) in [4.78, 5) is 10.1. The fraction of sp³-hybridized carbons (Fsp3) is 0.800. The van der Waals surface area contributed by atoms with Crippen molar-refractivity contribution < 1.29 is 13.6 Å². The van der Waals surface area contributed by atoms with Gasteiger partial charge in [-0.25, -0.2) is 8.78 Å². The maximum absolute atomic E-state index is 11.4. The Labute approximate surface area is 56.8 Å². The normalized spacial score (nSPS) is 10.2. The van der Waals surface area contributed by atoms with Crippen LogP contribution in [0, 0.1) is 0 Å². The minimum absolute atomic E-state index is 0.0613. The van der Waals surface area contributed by atoms with Gasteiger partial charge < -0.3 is 0 Å². The number of carbonyl (C=O) groups is 1. The third-order valence-electron chi connectivity index (χ3n) is 0.692. The fourth-order valence-corrected chi connectivity index (χ4v) is 0.797. The molecule has 0 rings (SSSR count). The number of Topliss-reactive ketones (excluding diaryl/α,β-unsaturated/α-hetero) is 1. The Balaban J connectivity index is 3.28. The molecule has 0 saturated heterocycles. The van der Waals surface area contributed by atoms with Gasteiger partial charge in [-0.05, 0) is 5.75 Å². The van der Waals surface area contributed by atoms with Gasteiger partial charge in [0.1, 0.15) is 0 Å². The highest BCUT2D eigenvalue weighted by atomic mass is 32.2. The van der Waals surface area contributed by atoms with E-state index in [1.54, 1.807) is 0 Å². The molecular formula is C5H8F2OS. The van der Waals surface area contributed by atoms with Gasteiger partial charge in [0.2, 0.25) is 5.78 Å². The van der Waals surface area contributed by atoms with Crippen LogP contribution in [0.2, 0.25) is 0 Å². The van der Waals surface area contributed by atoms with Crippen molar-refractivity contribution in [3.05, 3.63) is 0 Å². The Morgan fingerprint density at radius 3 is 2.56 bits per heavy atom. The predicted molar refractivity (Wildman–Crippen MR) is 34.0 cm³/mol. The second kappa shape index (κ2) is 4.73. The van der Waals surface area contributed by atoms with Crippen LogP contribution in [0.25, 0.3) is 0 Å². The van der Waals surface area contributed by atoms with Crippen molar-refractivity contribution in [1.82, 2.24) is 0 Å². The van der Waals surface area contributed by atoms with Crippen LogP contribution in [-0.2, 0) is 4.79 Å². The zero-order chi connectivity index (χ0) is 7.28. The maximum Gasteiger partial charge on any atom is 0.296 e. The van der Waals surface area contributed by atoms with Gasteiger partial charge in [0.05, 0.1) is 5.75 Å². The van der Waals surface area contributed by atoms with E-state index in [2.05, 4.69) is 0 Å². The summed E-state index contributed by atoms with van der Waals surface area (Å²) in [5.74, 6) is -0.325. The van der Waals surface area contributed by atoms with Crippen molar-refractivity contribution in [2.75, 3.05) is 11.5 Å². The topological polar surface area (TPSA) is 17.1 Å². The molecule has 0 aromatic carbocycles. The highest BCUT2D eigenvalue weighted by molar-refractivity contribution is 7.99. The van der Waals surface area contributed by atoms with Gasteiger partial charge in [0, 0.05) is 0 Å². The number of rotatable bonds is 4. The molecule has 0 saturated carbocycles. The van der Waals surface area contributed by atoms with Gasteiger partial charge in [-0.2, -0.15) is 11.8 Å². The molecule has 54 valence electrons. The second-order valence-corrected chi connectivity index (χ2v) is 2.68. The van der Waals surface area contributed by atoms with Crippen molar-refractivity contribution in [1.29, 1.82) is 0 Å². The molecule has 0 fully saturated rings. The standard InChI is InChI=1S/C5H8F2OS/c1-2-9-3-4(8)5(6)7/h5H,2-3H2,1H3. The van der Waals surface area contributed by atoms with E-state index in [-0.39, 0.29) is 5.75 Å². The van der Waals surface area contributed by atoms with E-state index in [0.717, 1.165) is 0 Å². The molecule has 0 aliphatic rings. The fourth-order valence-electron chi connectivity index (χ4n) is 0.266. The first-order valence-electron chi connectivity index (χ1n) is 2.57. The van der Waals surface area contributed by atoms with E-state index >= 15 is 0 Å². The van der Waals surface area contributed by atoms with Crippen molar-refractivity contribution in [3.8, 4) is 0 Å². The first-order chi connectivity index (χ1) is 4.18. The molecule has 0 aromatic heterocycles. The van der Waals surface area contributed by atoms with Crippen LogP contribution in [0.4, 0.5) is 8.78 Å². The maximum atomic E-state index is 11.4. The van der Waals surface area contributed by atoms with Gasteiger partial charge in [-0.15, -0.1) is 0 Å². The molecule has 1 nitrogen and oxygen atoms in total. The summed E-state index contributed by atoms with van der Waals surface area (Å²) in [6.45, 7) is 1.82. The van der Waals surface area contributed by atoms with Gasteiger partial charge in [-0.1, -0.05) is 6.92 Å².